The smallest absolute Gasteiger partial charge is 0.550 e. The van der Waals surface area contributed by atoms with Gasteiger partial charge in [-0.25, -0.2) is 0 Å². The molecule has 1 aliphatic rings. The molecule has 22 heavy (non-hydrogen) atoms. The van der Waals surface area contributed by atoms with Crippen LogP contribution in [0.15, 0.2) is 12.2 Å². The van der Waals surface area contributed by atoms with Gasteiger partial charge >= 0.3 is 35.5 Å². The first-order chi connectivity index (χ1) is 10.2. The fourth-order valence-electron chi connectivity index (χ4n) is 2.67. The average Bonchev–Trinajstić information content (AvgIpc) is 2.49. The second kappa shape index (κ2) is 13.1. The molecule has 2 unspecified atom stereocenters. The molecule has 2 atom stereocenters. The molecule has 0 fully saturated rings. The summed E-state index contributed by atoms with van der Waals surface area (Å²) in [6, 6.07) is 0. The van der Waals surface area contributed by atoms with Gasteiger partial charge in [0.25, 0.3) is 0 Å². The Kier molecular flexibility index (Phi) is 13.0. The molecule has 0 heterocycles. The van der Waals surface area contributed by atoms with Crippen LogP contribution in [0.3, 0.4) is 0 Å². The van der Waals surface area contributed by atoms with Gasteiger partial charge in [-0.3, -0.25) is 4.79 Å². The molecule has 0 saturated carbocycles. The SMILES string of the molecule is CCCCCCCCCOC(=O)C1CC=CCC1C(=O)[O-].[Na+]. The molecule has 0 aliphatic heterocycles. The molecule has 0 aromatic carbocycles. The van der Waals surface area contributed by atoms with Gasteiger partial charge in [0.05, 0.1) is 12.5 Å². The number of carbonyl (C=O) groups excluding carboxylic acids is 2. The number of carbonyl (C=O) groups is 2. The van der Waals surface area contributed by atoms with E-state index >= 15 is 0 Å². The zero-order valence-electron chi connectivity index (χ0n) is 14.0. The maximum Gasteiger partial charge on any atom is 1.00 e. The Balaban J connectivity index is 0.00000441. The van der Waals surface area contributed by atoms with Crippen molar-refractivity contribution in [2.75, 3.05) is 6.61 Å². The van der Waals surface area contributed by atoms with Crippen molar-refractivity contribution in [3.63, 3.8) is 0 Å². The van der Waals surface area contributed by atoms with Crippen molar-refractivity contribution in [1.29, 1.82) is 0 Å². The summed E-state index contributed by atoms with van der Waals surface area (Å²) in [5, 5.41) is 11.0. The van der Waals surface area contributed by atoms with E-state index in [0.29, 0.717) is 19.4 Å². The van der Waals surface area contributed by atoms with Crippen molar-refractivity contribution in [2.24, 2.45) is 11.8 Å². The minimum atomic E-state index is -1.16. The normalized spacial score (nSPS) is 20.2. The Bertz CT molecular complexity index is 355. The number of carboxylic acids is 1. The van der Waals surface area contributed by atoms with Crippen molar-refractivity contribution < 1.29 is 49.0 Å². The van der Waals surface area contributed by atoms with Gasteiger partial charge in [0, 0.05) is 11.9 Å². The van der Waals surface area contributed by atoms with Crippen molar-refractivity contribution in [3.05, 3.63) is 12.2 Å². The molecule has 0 saturated heterocycles. The van der Waals surface area contributed by atoms with Gasteiger partial charge in [0.15, 0.2) is 0 Å². The summed E-state index contributed by atoms with van der Waals surface area (Å²) < 4.78 is 5.23. The number of hydrogen-bond acceptors (Lipinski definition) is 4. The minimum absolute atomic E-state index is 0. The quantitative estimate of drug-likeness (QED) is 0.238. The molecule has 0 radical (unpaired) electrons. The third-order valence-corrected chi connectivity index (χ3v) is 4.03. The van der Waals surface area contributed by atoms with Crippen LogP contribution in [0, 0.1) is 11.8 Å². The molecule has 0 N–H and O–H groups in total. The third kappa shape index (κ3) is 8.35. The van der Waals surface area contributed by atoms with Crippen LogP contribution in [-0.4, -0.2) is 18.5 Å². The fourth-order valence-corrected chi connectivity index (χ4v) is 2.67. The van der Waals surface area contributed by atoms with E-state index in [-0.39, 0.29) is 35.5 Å². The number of hydrogen-bond donors (Lipinski definition) is 0. The number of allylic oxidation sites excluding steroid dienone is 2. The second-order valence-electron chi connectivity index (χ2n) is 5.76. The minimum Gasteiger partial charge on any atom is -0.550 e. The first-order valence-corrected chi connectivity index (χ1v) is 8.19. The molecule has 1 rings (SSSR count). The third-order valence-electron chi connectivity index (χ3n) is 4.03. The van der Waals surface area contributed by atoms with Gasteiger partial charge in [-0.15, -0.1) is 0 Å². The molecule has 120 valence electrons. The predicted octanol–water partition coefficient (Wildman–Crippen LogP) is -0.383. The molecular formula is C17H27NaO4. The Labute approximate surface area is 156 Å². The van der Waals surface area contributed by atoms with Gasteiger partial charge in [0.2, 0.25) is 0 Å². The Morgan fingerprint density at radius 2 is 1.55 bits per heavy atom. The Hall–Kier alpha value is -0.320. The predicted molar refractivity (Wildman–Crippen MR) is 79.3 cm³/mol. The van der Waals surface area contributed by atoms with Gasteiger partial charge in [-0.2, -0.15) is 0 Å². The second-order valence-corrected chi connectivity index (χ2v) is 5.76. The van der Waals surface area contributed by atoms with Crippen LogP contribution >= 0.6 is 0 Å². The fraction of sp³-hybridized carbons (Fsp3) is 0.765. The van der Waals surface area contributed by atoms with E-state index in [9.17, 15) is 14.7 Å². The number of rotatable bonds is 10. The number of ether oxygens (including phenoxy) is 1. The van der Waals surface area contributed by atoms with Crippen molar-refractivity contribution in [3.8, 4) is 0 Å². The number of aliphatic carboxylic acids is 1. The van der Waals surface area contributed by atoms with E-state index < -0.39 is 17.8 Å². The van der Waals surface area contributed by atoms with Gasteiger partial charge < -0.3 is 14.6 Å². The van der Waals surface area contributed by atoms with Crippen molar-refractivity contribution in [1.82, 2.24) is 0 Å². The first kappa shape index (κ1) is 21.7. The monoisotopic (exact) mass is 318 g/mol. The molecular weight excluding hydrogens is 291 g/mol. The summed E-state index contributed by atoms with van der Waals surface area (Å²) in [5.74, 6) is -2.86. The van der Waals surface area contributed by atoms with Crippen LogP contribution in [-0.2, 0) is 14.3 Å². The molecule has 1 aliphatic carbocycles. The van der Waals surface area contributed by atoms with E-state index in [4.69, 9.17) is 4.74 Å². The number of unbranched alkanes of at least 4 members (excludes halogenated alkanes) is 6. The summed E-state index contributed by atoms with van der Waals surface area (Å²) in [7, 11) is 0. The van der Waals surface area contributed by atoms with Crippen LogP contribution in [0.5, 0.6) is 0 Å². The summed E-state index contributed by atoms with van der Waals surface area (Å²) in [4.78, 5) is 23.0. The number of esters is 1. The van der Waals surface area contributed by atoms with Crippen molar-refractivity contribution in [2.45, 2.75) is 64.7 Å². The van der Waals surface area contributed by atoms with E-state index in [0.717, 1.165) is 12.8 Å². The standard InChI is InChI=1S/C17H28O4.Na/c1-2-3-4-5-6-7-10-13-21-17(20)15-12-9-8-11-14(15)16(18)19;/h8-9,14-15H,2-7,10-13H2,1H3,(H,18,19);/q;+1/p-1. The molecule has 0 aromatic heterocycles. The Morgan fingerprint density at radius 1 is 1.00 bits per heavy atom. The molecule has 4 nitrogen and oxygen atoms in total. The zero-order chi connectivity index (χ0) is 15.5. The van der Waals surface area contributed by atoms with E-state index in [1.54, 1.807) is 6.08 Å². The van der Waals surface area contributed by atoms with Gasteiger partial charge in [-0.1, -0.05) is 57.6 Å². The summed E-state index contributed by atoms with van der Waals surface area (Å²) in [6.07, 6.45) is 12.6. The maximum absolute atomic E-state index is 11.9. The Morgan fingerprint density at radius 3 is 2.14 bits per heavy atom. The number of carboxylic acid groups (broad SMARTS) is 1. The summed E-state index contributed by atoms with van der Waals surface area (Å²) in [5.41, 5.74) is 0. The molecule has 0 aromatic rings. The average molecular weight is 318 g/mol. The van der Waals surface area contributed by atoms with E-state index in [1.807, 2.05) is 6.08 Å². The van der Waals surface area contributed by atoms with Crippen molar-refractivity contribution >= 4 is 11.9 Å². The molecule has 0 amide bonds. The van der Waals surface area contributed by atoms with Gasteiger partial charge in [-0.05, 0) is 19.3 Å². The van der Waals surface area contributed by atoms with Crippen LogP contribution in [0.1, 0.15) is 64.7 Å². The summed E-state index contributed by atoms with van der Waals surface area (Å²) >= 11 is 0. The van der Waals surface area contributed by atoms with Crippen LogP contribution in [0.25, 0.3) is 0 Å². The first-order valence-electron chi connectivity index (χ1n) is 8.19. The van der Waals surface area contributed by atoms with E-state index in [1.165, 1.54) is 32.1 Å². The molecule has 0 bridgehead atoms. The van der Waals surface area contributed by atoms with Gasteiger partial charge in [0.1, 0.15) is 0 Å². The summed E-state index contributed by atoms with van der Waals surface area (Å²) in [6.45, 7) is 2.59. The largest absolute Gasteiger partial charge is 1.00 e. The molecule has 0 spiro atoms. The van der Waals surface area contributed by atoms with Crippen LogP contribution in [0.2, 0.25) is 0 Å². The van der Waals surface area contributed by atoms with Crippen LogP contribution in [0.4, 0.5) is 0 Å². The van der Waals surface area contributed by atoms with Crippen LogP contribution < -0.4 is 34.7 Å². The molecule has 5 heteroatoms. The zero-order valence-corrected chi connectivity index (χ0v) is 16.0. The van der Waals surface area contributed by atoms with E-state index in [2.05, 4.69) is 6.92 Å². The maximum atomic E-state index is 11.9. The topological polar surface area (TPSA) is 66.4 Å².